The molecule has 0 atom stereocenters. The molecule has 2 heteroatoms. The zero-order valence-corrected chi connectivity index (χ0v) is 16.0. The van der Waals surface area contributed by atoms with E-state index in [0.717, 1.165) is 19.5 Å². The Bertz CT molecular complexity index is 312. The molecular weight excluding hydrogens is 280 g/mol. The van der Waals surface area contributed by atoms with Gasteiger partial charge in [0, 0.05) is 19.5 Å². The Morgan fingerprint density at radius 1 is 0.913 bits per heavy atom. The van der Waals surface area contributed by atoms with E-state index in [1.165, 1.54) is 70.8 Å². The standard InChI is InChI=1S/C21H40N2/c1-4-5-6-7-8-9-10-11-12-13-14-15-16-17-18-20-23(3)21-19-22-2/h7-8,22H,4-6,11-21H2,1-3H3. The Morgan fingerprint density at radius 2 is 1.61 bits per heavy atom. The van der Waals surface area contributed by atoms with Crippen molar-refractivity contribution in [2.24, 2.45) is 0 Å². The zero-order valence-electron chi connectivity index (χ0n) is 16.0. The molecule has 0 aromatic rings. The first kappa shape index (κ1) is 22.2. The number of likely N-dealkylation sites (N-methyl/N-ethyl adjacent to an activating group) is 2. The molecule has 0 unspecified atom stereocenters. The lowest BCUT2D eigenvalue weighted by Crippen LogP contribution is -2.28. The van der Waals surface area contributed by atoms with Crippen LogP contribution in [0, 0.1) is 11.8 Å². The molecule has 0 aliphatic rings. The van der Waals surface area contributed by atoms with Crippen LogP contribution in [0.15, 0.2) is 12.2 Å². The quantitative estimate of drug-likeness (QED) is 0.337. The Hall–Kier alpha value is -0.780. The minimum absolute atomic E-state index is 1.06. The van der Waals surface area contributed by atoms with Gasteiger partial charge in [0.15, 0.2) is 0 Å². The number of nitrogens with zero attached hydrogens (tertiary/aromatic N) is 1. The van der Waals surface area contributed by atoms with Crippen molar-refractivity contribution in [3.05, 3.63) is 12.2 Å². The molecule has 0 saturated carbocycles. The predicted octanol–water partition coefficient (Wildman–Crippen LogP) is 5.01. The first-order valence-corrected chi connectivity index (χ1v) is 9.77. The Balaban J connectivity index is 3.22. The molecule has 0 spiro atoms. The van der Waals surface area contributed by atoms with Gasteiger partial charge in [0.1, 0.15) is 0 Å². The number of hydrogen-bond acceptors (Lipinski definition) is 2. The van der Waals surface area contributed by atoms with Gasteiger partial charge in [-0.15, -0.1) is 0 Å². The van der Waals surface area contributed by atoms with Crippen LogP contribution in [0.1, 0.15) is 77.6 Å². The largest absolute Gasteiger partial charge is 0.318 e. The molecule has 0 bridgehead atoms. The second-order valence-electron chi connectivity index (χ2n) is 6.50. The van der Waals surface area contributed by atoms with E-state index in [2.05, 4.69) is 42.1 Å². The summed E-state index contributed by atoms with van der Waals surface area (Å²) in [4.78, 5) is 2.42. The van der Waals surface area contributed by atoms with E-state index in [4.69, 9.17) is 0 Å². The van der Waals surface area contributed by atoms with Crippen LogP contribution in [0.3, 0.4) is 0 Å². The van der Waals surface area contributed by atoms with Crippen LogP contribution in [-0.4, -0.2) is 38.6 Å². The molecule has 0 aliphatic heterocycles. The van der Waals surface area contributed by atoms with Crippen LogP contribution < -0.4 is 5.32 Å². The summed E-state index contributed by atoms with van der Waals surface area (Å²) < 4.78 is 0. The van der Waals surface area contributed by atoms with E-state index < -0.39 is 0 Å². The molecule has 0 radical (unpaired) electrons. The summed E-state index contributed by atoms with van der Waals surface area (Å²) in [7, 11) is 4.24. The van der Waals surface area contributed by atoms with Crippen LogP contribution in [-0.2, 0) is 0 Å². The third-order valence-corrected chi connectivity index (χ3v) is 4.11. The maximum atomic E-state index is 3.26. The van der Waals surface area contributed by atoms with E-state index in [1.54, 1.807) is 0 Å². The van der Waals surface area contributed by atoms with E-state index in [-0.39, 0.29) is 0 Å². The highest BCUT2D eigenvalue weighted by atomic mass is 15.1. The van der Waals surface area contributed by atoms with Gasteiger partial charge in [-0.1, -0.05) is 69.8 Å². The van der Waals surface area contributed by atoms with Crippen molar-refractivity contribution in [1.29, 1.82) is 0 Å². The van der Waals surface area contributed by atoms with Crippen LogP contribution in [0.25, 0.3) is 0 Å². The summed E-state index contributed by atoms with van der Waals surface area (Å²) in [5, 5.41) is 3.20. The second kappa shape index (κ2) is 19.3. The number of unbranched alkanes of at least 4 members (excludes halogenated alkanes) is 9. The zero-order chi connectivity index (χ0) is 17.0. The summed E-state index contributed by atoms with van der Waals surface area (Å²) in [5.41, 5.74) is 0. The van der Waals surface area contributed by atoms with Gasteiger partial charge in [-0.3, -0.25) is 0 Å². The van der Waals surface area contributed by atoms with Crippen molar-refractivity contribution in [1.82, 2.24) is 10.2 Å². The first-order chi connectivity index (χ1) is 11.3. The Morgan fingerprint density at radius 3 is 2.30 bits per heavy atom. The molecular formula is C21H40N2. The van der Waals surface area contributed by atoms with Gasteiger partial charge in [0.05, 0.1) is 0 Å². The molecule has 0 aliphatic carbocycles. The van der Waals surface area contributed by atoms with Crippen molar-refractivity contribution in [3.8, 4) is 11.8 Å². The van der Waals surface area contributed by atoms with Crippen molar-refractivity contribution >= 4 is 0 Å². The number of nitrogens with one attached hydrogen (secondary N) is 1. The maximum absolute atomic E-state index is 3.26. The van der Waals surface area contributed by atoms with Crippen molar-refractivity contribution in [3.63, 3.8) is 0 Å². The van der Waals surface area contributed by atoms with Crippen molar-refractivity contribution in [2.45, 2.75) is 77.6 Å². The number of allylic oxidation sites excluding steroid dienone is 2. The molecule has 0 rings (SSSR count). The molecule has 0 amide bonds. The van der Waals surface area contributed by atoms with E-state index in [0.29, 0.717) is 0 Å². The average molecular weight is 321 g/mol. The van der Waals surface area contributed by atoms with Gasteiger partial charge in [0.25, 0.3) is 0 Å². The lowest BCUT2D eigenvalue weighted by atomic mass is 10.1. The van der Waals surface area contributed by atoms with E-state index in [9.17, 15) is 0 Å². The van der Waals surface area contributed by atoms with Gasteiger partial charge in [-0.2, -0.15) is 0 Å². The minimum Gasteiger partial charge on any atom is -0.318 e. The van der Waals surface area contributed by atoms with Crippen molar-refractivity contribution in [2.75, 3.05) is 33.7 Å². The third-order valence-electron chi connectivity index (χ3n) is 4.11. The lowest BCUT2D eigenvalue weighted by molar-refractivity contribution is 0.325. The number of hydrogen-bond donors (Lipinski definition) is 1. The monoisotopic (exact) mass is 320 g/mol. The fourth-order valence-corrected chi connectivity index (χ4v) is 2.49. The SMILES string of the molecule is CCCCC=CC#CCCCCCCCCCN(C)CCNC. The van der Waals surface area contributed by atoms with E-state index in [1.807, 2.05) is 13.1 Å². The van der Waals surface area contributed by atoms with Crippen LogP contribution in [0.5, 0.6) is 0 Å². The smallest absolute Gasteiger partial charge is 0.0104 e. The first-order valence-electron chi connectivity index (χ1n) is 9.77. The fourth-order valence-electron chi connectivity index (χ4n) is 2.49. The number of rotatable bonds is 15. The second-order valence-corrected chi connectivity index (χ2v) is 6.50. The molecule has 134 valence electrons. The molecule has 0 aromatic heterocycles. The van der Waals surface area contributed by atoms with E-state index >= 15 is 0 Å². The molecule has 0 heterocycles. The van der Waals surface area contributed by atoms with Gasteiger partial charge in [-0.25, -0.2) is 0 Å². The molecule has 23 heavy (non-hydrogen) atoms. The molecule has 0 saturated heterocycles. The van der Waals surface area contributed by atoms with Crippen LogP contribution >= 0.6 is 0 Å². The summed E-state index contributed by atoms with van der Waals surface area (Å²) >= 11 is 0. The predicted molar refractivity (Wildman–Crippen MR) is 105 cm³/mol. The summed E-state index contributed by atoms with van der Waals surface area (Å²) in [6.45, 7) is 5.71. The molecule has 0 fully saturated rings. The highest BCUT2D eigenvalue weighted by Gasteiger charge is 1.97. The highest BCUT2D eigenvalue weighted by Crippen LogP contribution is 2.08. The lowest BCUT2D eigenvalue weighted by Gasteiger charge is -2.15. The van der Waals surface area contributed by atoms with Crippen molar-refractivity contribution < 1.29 is 0 Å². The summed E-state index contributed by atoms with van der Waals surface area (Å²) in [6, 6.07) is 0. The minimum atomic E-state index is 1.06. The summed E-state index contributed by atoms with van der Waals surface area (Å²) in [5.74, 6) is 6.40. The third kappa shape index (κ3) is 19.2. The van der Waals surface area contributed by atoms with Crippen LogP contribution in [0.4, 0.5) is 0 Å². The van der Waals surface area contributed by atoms with Gasteiger partial charge in [0.2, 0.25) is 0 Å². The Kier molecular flexibility index (Phi) is 18.6. The van der Waals surface area contributed by atoms with Gasteiger partial charge in [-0.05, 0) is 46.0 Å². The Labute approximate surface area is 146 Å². The molecule has 2 nitrogen and oxygen atoms in total. The van der Waals surface area contributed by atoms with Gasteiger partial charge < -0.3 is 10.2 Å². The summed E-state index contributed by atoms with van der Waals surface area (Å²) in [6.07, 6.45) is 18.5. The molecule has 1 N–H and O–H groups in total. The fraction of sp³-hybridized carbons (Fsp3) is 0.810. The normalized spacial score (nSPS) is 11.1. The van der Waals surface area contributed by atoms with Gasteiger partial charge >= 0.3 is 0 Å². The highest BCUT2D eigenvalue weighted by molar-refractivity contribution is 5.14. The maximum Gasteiger partial charge on any atom is 0.0104 e. The molecule has 0 aromatic carbocycles. The topological polar surface area (TPSA) is 15.3 Å². The van der Waals surface area contributed by atoms with Crippen LogP contribution in [0.2, 0.25) is 0 Å². The average Bonchev–Trinajstić information content (AvgIpc) is 2.56.